The average Bonchev–Trinajstić information content (AvgIpc) is 3.08. The van der Waals surface area contributed by atoms with Crippen LogP contribution in [0.25, 0.3) is 11.6 Å². The lowest BCUT2D eigenvalue weighted by molar-refractivity contribution is -0.119. The standard InChI is InChI=1S/C20H21BrN4O3/c1-10-17(9-15-14-8-13(21)4-5-16(14)25-19(15)27)24-11(2)18(10)20(28)23-7-6-22-12(3)26/h4-5,8-9,24H,6-7H2,1-3H3,(H,22,26)(H,23,28)(H,25,27)/b15-9-. The van der Waals surface area contributed by atoms with Crippen molar-refractivity contribution in [2.75, 3.05) is 18.4 Å². The second-order valence-corrected chi connectivity index (χ2v) is 7.52. The minimum Gasteiger partial charge on any atom is -0.358 e. The van der Waals surface area contributed by atoms with Crippen LogP contribution in [0.1, 0.15) is 39.8 Å². The van der Waals surface area contributed by atoms with Gasteiger partial charge >= 0.3 is 0 Å². The van der Waals surface area contributed by atoms with Crippen LogP contribution in [0.15, 0.2) is 22.7 Å². The molecular weight excluding hydrogens is 424 g/mol. The lowest BCUT2D eigenvalue weighted by atomic mass is 10.0. The summed E-state index contributed by atoms with van der Waals surface area (Å²) in [6.45, 7) is 5.79. The first-order chi connectivity index (χ1) is 13.3. The van der Waals surface area contributed by atoms with Crippen molar-refractivity contribution in [1.82, 2.24) is 15.6 Å². The topological polar surface area (TPSA) is 103 Å². The second kappa shape index (κ2) is 8.02. The highest BCUT2D eigenvalue weighted by Crippen LogP contribution is 2.35. The summed E-state index contributed by atoms with van der Waals surface area (Å²) >= 11 is 3.43. The fraction of sp³-hybridized carbons (Fsp3) is 0.250. The van der Waals surface area contributed by atoms with Gasteiger partial charge in [-0.15, -0.1) is 0 Å². The van der Waals surface area contributed by atoms with Gasteiger partial charge in [0.25, 0.3) is 11.8 Å². The molecule has 0 bridgehead atoms. The van der Waals surface area contributed by atoms with Crippen molar-refractivity contribution < 1.29 is 14.4 Å². The Hall–Kier alpha value is -2.87. The summed E-state index contributed by atoms with van der Waals surface area (Å²) in [6.07, 6.45) is 1.77. The Kier molecular flexibility index (Phi) is 5.69. The van der Waals surface area contributed by atoms with E-state index in [1.54, 1.807) is 6.08 Å². The van der Waals surface area contributed by atoms with E-state index in [0.29, 0.717) is 35.6 Å². The quantitative estimate of drug-likeness (QED) is 0.420. The lowest BCUT2D eigenvalue weighted by Crippen LogP contribution is -2.34. The number of carbonyl (C=O) groups is 3. The monoisotopic (exact) mass is 444 g/mol. The molecule has 1 aliphatic rings. The predicted octanol–water partition coefficient (Wildman–Crippen LogP) is 2.75. The zero-order valence-corrected chi connectivity index (χ0v) is 17.4. The van der Waals surface area contributed by atoms with Crippen LogP contribution in [0.4, 0.5) is 5.69 Å². The molecule has 28 heavy (non-hydrogen) atoms. The van der Waals surface area contributed by atoms with Gasteiger partial charge in [-0.3, -0.25) is 14.4 Å². The van der Waals surface area contributed by atoms with E-state index in [9.17, 15) is 14.4 Å². The number of halogens is 1. The maximum Gasteiger partial charge on any atom is 0.256 e. The minimum atomic E-state index is -0.222. The molecule has 3 rings (SSSR count). The van der Waals surface area contributed by atoms with Crippen LogP contribution in [0.3, 0.4) is 0 Å². The predicted molar refractivity (Wildman–Crippen MR) is 112 cm³/mol. The Labute approximate surface area is 171 Å². The van der Waals surface area contributed by atoms with Gasteiger partial charge in [0, 0.05) is 47.1 Å². The molecule has 1 aliphatic heterocycles. The third kappa shape index (κ3) is 4.01. The number of fused-ring (bicyclic) bond motifs is 1. The molecule has 0 saturated heterocycles. The molecular formula is C20H21BrN4O3. The normalized spacial score (nSPS) is 14.0. The van der Waals surface area contributed by atoms with E-state index in [4.69, 9.17) is 0 Å². The van der Waals surface area contributed by atoms with Gasteiger partial charge < -0.3 is 20.9 Å². The molecule has 1 aromatic heterocycles. The summed E-state index contributed by atoms with van der Waals surface area (Å²) in [4.78, 5) is 39.0. The second-order valence-electron chi connectivity index (χ2n) is 6.60. The smallest absolute Gasteiger partial charge is 0.256 e. The Morgan fingerprint density at radius 2 is 1.89 bits per heavy atom. The van der Waals surface area contributed by atoms with E-state index in [2.05, 4.69) is 36.9 Å². The van der Waals surface area contributed by atoms with Crippen LogP contribution in [0.5, 0.6) is 0 Å². The molecule has 0 aliphatic carbocycles. The van der Waals surface area contributed by atoms with Gasteiger partial charge in [-0.25, -0.2) is 0 Å². The van der Waals surface area contributed by atoms with Crippen LogP contribution >= 0.6 is 15.9 Å². The molecule has 0 unspecified atom stereocenters. The van der Waals surface area contributed by atoms with Crippen molar-refractivity contribution in [3.05, 3.63) is 50.8 Å². The van der Waals surface area contributed by atoms with Crippen LogP contribution < -0.4 is 16.0 Å². The van der Waals surface area contributed by atoms with Gasteiger partial charge in [-0.1, -0.05) is 15.9 Å². The molecule has 0 saturated carbocycles. The Morgan fingerprint density at radius 1 is 1.18 bits per heavy atom. The van der Waals surface area contributed by atoms with Gasteiger partial charge in [0.2, 0.25) is 5.91 Å². The number of hydrogen-bond acceptors (Lipinski definition) is 3. The van der Waals surface area contributed by atoms with Gasteiger partial charge in [0.05, 0.1) is 11.1 Å². The number of anilines is 1. The number of aromatic nitrogens is 1. The van der Waals surface area contributed by atoms with E-state index in [0.717, 1.165) is 21.3 Å². The van der Waals surface area contributed by atoms with Gasteiger partial charge in [0.1, 0.15) is 0 Å². The van der Waals surface area contributed by atoms with Crippen molar-refractivity contribution in [1.29, 1.82) is 0 Å². The van der Waals surface area contributed by atoms with Gasteiger partial charge in [-0.05, 0) is 43.7 Å². The highest BCUT2D eigenvalue weighted by molar-refractivity contribution is 9.10. The molecule has 0 atom stereocenters. The van der Waals surface area contributed by atoms with Gasteiger partial charge in [0.15, 0.2) is 0 Å². The number of nitrogens with one attached hydrogen (secondary N) is 4. The molecule has 1 aromatic carbocycles. The van der Waals surface area contributed by atoms with Crippen molar-refractivity contribution >= 4 is 51.0 Å². The first kappa shape index (κ1) is 19.9. The first-order valence-electron chi connectivity index (χ1n) is 8.82. The number of aromatic amines is 1. The molecule has 146 valence electrons. The Bertz CT molecular complexity index is 1010. The van der Waals surface area contributed by atoms with E-state index in [1.165, 1.54) is 6.92 Å². The average molecular weight is 445 g/mol. The van der Waals surface area contributed by atoms with Gasteiger partial charge in [-0.2, -0.15) is 0 Å². The van der Waals surface area contributed by atoms with Crippen molar-refractivity contribution in [3.8, 4) is 0 Å². The third-order valence-electron chi connectivity index (χ3n) is 4.54. The molecule has 3 amide bonds. The van der Waals surface area contributed by atoms with Crippen LogP contribution in [0.2, 0.25) is 0 Å². The van der Waals surface area contributed by atoms with Crippen molar-refractivity contribution in [2.45, 2.75) is 20.8 Å². The maximum atomic E-state index is 12.5. The fourth-order valence-electron chi connectivity index (χ4n) is 3.21. The summed E-state index contributed by atoms with van der Waals surface area (Å²) in [5.41, 5.74) is 4.85. The molecule has 0 spiro atoms. The first-order valence-corrected chi connectivity index (χ1v) is 9.62. The lowest BCUT2D eigenvalue weighted by Gasteiger charge is -2.06. The fourth-order valence-corrected chi connectivity index (χ4v) is 3.57. The number of aryl methyl sites for hydroxylation is 1. The molecule has 7 nitrogen and oxygen atoms in total. The summed E-state index contributed by atoms with van der Waals surface area (Å²) in [5, 5.41) is 8.28. The number of hydrogen-bond donors (Lipinski definition) is 4. The zero-order valence-electron chi connectivity index (χ0n) is 15.8. The molecule has 4 N–H and O–H groups in total. The largest absolute Gasteiger partial charge is 0.358 e. The third-order valence-corrected chi connectivity index (χ3v) is 5.03. The van der Waals surface area contributed by atoms with Crippen LogP contribution in [-0.2, 0) is 9.59 Å². The van der Waals surface area contributed by atoms with E-state index >= 15 is 0 Å². The highest BCUT2D eigenvalue weighted by Gasteiger charge is 2.25. The van der Waals surface area contributed by atoms with E-state index in [-0.39, 0.29) is 17.7 Å². The molecule has 8 heteroatoms. The minimum absolute atomic E-state index is 0.140. The summed E-state index contributed by atoms with van der Waals surface area (Å²) in [6, 6.07) is 5.61. The summed E-state index contributed by atoms with van der Waals surface area (Å²) in [7, 11) is 0. The highest BCUT2D eigenvalue weighted by atomic mass is 79.9. The number of amides is 3. The maximum absolute atomic E-state index is 12.5. The summed E-state index contributed by atoms with van der Waals surface area (Å²) in [5.74, 6) is -0.541. The number of rotatable bonds is 5. The number of benzene rings is 1. The molecule has 2 heterocycles. The van der Waals surface area contributed by atoms with Crippen molar-refractivity contribution in [3.63, 3.8) is 0 Å². The van der Waals surface area contributed by atoms with E-state index < -0.39 is 0 Å². The Morgan fingerprint density at radius 3 is 2.61 bits per heavy atom. The molecule has 2 aromatic rings. The Balaban J connectivity index is 1.86. The zero-order chi connectivity index (χ0) is 20.4. The SMILES string of the molecule is CC(=O)NCCNC(=O)c1c(C)[nH]c(/C=C2\C(=O)Nc3ccc(Br)cc32)c1C. The number of H-pyrrole nitrogens is 1. The van der Waals surface area contributed by atoms with Crippen molar-refractivity contribution in [2.24, 2.45) is 0 Å². The number of carbonyl (C=O) groups excluding carboxylic acids is 3. The van der Waals surface area contributed by atoms with Crippen LogP contribution in [-0.4, -0.2) is 35.8 Å². The molecule has 0 radical (unpaired) electrons. The summed E-state index contributed by atoms with van der Waals surface area (Å²) < 4.78 is 0.882. The van der Waals surface area contributed by atoms with E-state index in [1.807, 2.05) is 32.0 Å². The molecule has 0 fully saturated rings. The van der Waals surface area contributed by atoms with Crippen LogP contribution in [0, 0.1) is 13.8 Å².